The molecule has 0 fully saturated rings. The summed E-state index contributed by atoms with van der Waals surface area (Å²) >= 11 is 3.42. The molecule has 0 bridgehead atoms. The highest BCUT2D eigenvalue weighted by atomic mass is 79.9. The van der Waals surface area contributed by atoms with Crippen LogP contribution in [0.2, 0.25) is 0 Å². The Balaban J connectivity index is 1.69. The van der Waals surface area contributed by atoms with Crippen molar-refractivity contribution in [1.29, 1.82) is 0 Å². The van der Waals surface area contributed by atoms with E-state index in [1.165, 1.54) is 0 Å². The summed E-state index contributed by atoms with van der Waals surface area (Å²) in [5.74, 6) is -0.924. The molecule has 10 nitrogen and oxygen atoms in total. The Morgan fingerprint density at radius 3 is 1.96 bits per heavy atom. The average Bonchev–Trinajstić information content (AvgIpc) is 3.03. The van der Waals surface area contributed by atoms with Crippen molar-refractivity contribution in [2.24, 2.45) is 0 Å². The maximum absolute atomic E-state index is 13.7. The standard InChI is InChI=1S/C35H43BrN4O6/c1-35(2,3)46-33(43)37-21-11-10-16-29(31(41)38-28-19-17-26(23-36)18-20-28)39-32(42)30(22-25-12-6-4-7-13-25)40-34(44)45-24-27-14-8-5-9-15-27/h4-9,12-15,17-20,29-30H,10-11,16,21-24H2,1-3H3,(H,37,43)(H,38,41)(H,39,42)(H,40,44)/t29-,30-/m0/s1. The van der Waals surface area contributed by atoms with Gasteiger partial charge in [0.15, 0.2) is 0 Å². The van der Waals surface area contributed by atoms with E-state index < -0.39 is 41.7 Å². The van der Waals surface area contributed by atoms with E-state index in [0.717, 1.165) is 16.7 Å². The molecule has 246 valence electrons. The number of carbonyl (C=O) groups excluding carboxylic acids is 4. The number of nitrogens with one attached hydrogen (secondary N) is 4. The monoisotopic (exact) mass is 694 g/mol. The van der Waals surface area contributed by atoms with Crippen LogP contribution in [0.15, 0.2) is 84.9 Å². The molecule has 0 unspecified atom stereocenters. The quantitative estimate of drug-likeness (QED) is 0.110. The lowest BCUT2D eigenvalue weighted by Crippen LogP contribution is -2.53. The number of ether oxygens (including phenoxy) is 2. The second-order valence-electron chi connectivity index (χ2n) is 11.8. The molecule has 3 aromatic carbocycles. The molecule has 3 aromatic rings. The maximum atomic E-state index is 13.7. The van der Waals surface area contributed by atoms with Gasteiger partial charge in [-0.1, -0.05) is 88.7 Å². The van der Waals surface area contributed by atoms with Gasteiger partial charge in [0.25, 0.3) is 0 Å². The molecule has 0 radical (unpaired) electrons. The van der Waals surface area contributed by atoms with E-state index in [0.29, 0.717) is 36.8 Å². The largest absolute Gasteiger partial charge is 0.445 e. The number of halogens is 1. The van der Waals surface area contributed by atoms with Crippen LogP contribution >= 0.6 is 15.9 Å². The lowest BCUT2D eigenvalue weighted by molar-refractivity contribution is -0.128. The van der Waals surface area contributed by atoms with Crippen molar-refractivity contribution in [3.8, 4) is 0 Å². The first-order valence-electron chi connectivity index (χ1n) is 15.3. The smallest absolute Gasteiger partial charge is 0.408 e. The number of anilines is 1. The van der Waals surface area contributed by atoms with Crippen molar-refractivity contribution in [3.63, 3.8) is 0 Å². The van der Waals surface area contributed by atoms with Crippen LogP contribution in [0.25, 0.3) is 0 Å². The molecule has 0 aliphatic carbocycles. The van der Waals surface area contributed by atoms with Gasteiger partial charge in [-0.2, -0.15) is 0 Å². The zero-order valence-corrected chi connectivity index (χ0v) is 28.1. The van der Waals surface area contributed by atoms with Crippen molar-refractivity contribution in [2.75, 3.05) is 11.9 Å². The van der Waals surface area contributed by atoms with E-state index in [1.54, 1.807) is 32.9 Å². The number of hydrogen-bond acceptors (Lipinski definition) is 6. The number of hydrogen-bond donors (Lipinski definition) is 4. The molecule has 2 atom stereocenters. The molecular weight excluding hydrogens is 652 g/mol. The molecule has 0 saturated heterocycles. The second-order valence-corrected chi connectivity index (χ2v) is 12.3. The second kappa shape index (κ2) is 18.6. The molecule has 0 saturated carbocycles. The third kappa shape index (κ3) is 13.7. The minimum absolute atomic E-state index is 0.0442. The molecule has 4 amide bonds. The predicted octanol–water partition coefficient (Wildman–Crippen LogP) is 6.24. The highest BCUT2D eigenvalue weighted by molar-refractivity contribution is 9.08. The molecule has 4 N–H and O–H groups in total. The number of alkyl carbamates (subject to hydrolysis) is 2. The zero-order chi connectivity index (χ0) is 33.4. The normalized spacial score (nSPS) is 12.3. The fourth-order valence-corrected chi connectivity index (χ4v) is 4.77. The highest BCUT2D eigenvalue weighted by Gasteiger charge is 2.28. The van der Waals surface area contributed by atoms with Gasteiger partial charge in [0.05, 0.1) is 0 Å². The van der Waals surface area contributed by atoms with Crippen LogP contribution in [-0.4, -0.2) is 48.2 Å². The molecule has 0 aliphatic rings. The average molecular weight is 696 g/mol. The maximum Gasteiger partial charge on any atom is 0.408 e. The Morgan fingerprint density at radius 2 is 1.35 bits per heavy atom. The fourth-order valence-electron chi connectivity index (χ4n) is 4.39. The van der Waals surface area contributed by atoms with Crippen LogP contribution in [0.1, 0.15) is 56.7 Å². The summed E-state index contributed by atoms with van der Waals surface area (Å²) in [6.07, 6.45) is 0.291. The first kappa shape index (κ1) is 36.1. The van der Waals surface area contributed by atoms with E-state index in [2.05, 4.69) is 37.2 Å². The van der Waals surface area contributed by atoms with Crippen LogP contribution in [0.5, 0.6) is 0 Å². The number of unbranched alkanes of at least 4 members (excludes halogenated alkanes) is 1. The van der Waals surface area contributed by atoms with E-state index in [4.69, 9.17) is 9.47 Å². The third-order valence-corrected chi connectivity index (χ3v) is 7.35. The number of amides is 4. The number of benzene rings is 3. The van der Waals surface area contributed by atoms with Crippen LogP contribution in [-0.2, 0) is 37.4 Å². The van der Waals surface area contributed by atoms with Gasteiger partial charge in [-0.05, 0) is 68.9 Å². The number of carbonyl (C=O) groups is 4. The van der Waals surface area contributed by atoms with Gasteiger partial charge in [-0.25, -0.2) is 9.59 Å². The van der Waals surface area contributed by atoms with Crippen molar-refractivity contribution in [2.45, 2.75) is 76.1 Å². The molecule has 0 spiro atoms. The summed E-state index contributed by atoms with van der Waals surface area (Å²) < 4.78 is 10.7. The molecule has 46 heavy (non-hydrogen) atoms. The third-order valence-electron chi connectivity index (χ3n) is 6.70. The van der Waals surface area contributed by atoms with Crippen molar-refractivity contribution in [1.82, 2.24) is 16.0 Å². The van der Waals surface area contributed by atoms with Crippen molar-refractivity contribution >= 4 is 45.6 Å². The topological polar surface area (TPSA) is 135 Å². The lowest BCUT2D eigenvalue weighted by atomic mass is 10.0. The first-order valence-corrected chi connectivity index (χ1v) is 16.4. The molecule has 0 aromatic heterocycles. The van der Waals surface area contributed by atoms with E-state index in [1.807, 2.05) is 72.8 Å². The summed E-state index contributed by atoms with van der Waals surface area (Å²) in [6.45, 7) is 5.75. The Morgan fingerprint density at radius 1 is 0.717 bits per heavy atom. The SMILES string of the molecule is CC(C)(C)OC(=O)NCCCC[C@H](NC(=O)[C@H](Cc1ccccc1)NC(=O)OCc1ccccc1)C(=O)Nc1ccc(CBr)cc1. The van der Waals surface area contributed by atoms with Crippen molar-refractivity contribution in [3.05, 3.63) is 102 Å². The Kier molecular flexibility index (Phi) is 14.6. The summed E-state index contributed by atoms with van der Waals surface area (Å²) in [5.41, 5.74) is 2.66. The minimum atomic E-state index is -1.01. The van der Waals surface area contributed by atoms with E-state index in [-0.39, 0.29) is 13.0 Å². The van der Waals surface area contributed by atoms with Gasteiger partial charge in [0.2, 0.25) is 11.8 Å². The number of rotatable bonds is 15. The van der Waals surface area contributed by atoms with Gasteiger partial charge in [0, 0.05) is 24.0 Å². The van der Waals surface area contributed by atoms with Crippen LogP contribution < -0.4 is 21.3 Å². The number of alkyl halides is 1. The minimum Gasteiger partial charge on any atom is -0.445 e. The van der Waals surface area contributed by atoms with Crippen molar-refractivity contribution < 1.29 is 28.7 Å². The molecular formula is C35H43BrN4O6. The zero-order valence-electron chi connectivity index (χ0n) is 26.5. The molecule has 3 rings (SSSR count). The Labute approximate surface area is 279 Å². The molecule has 11 heteroatoms. The van der Waals surface area contributed by atoms with Crippen LogP contribution in [0, 0.1) is 0 Å². The van der Waals surface area contributed by atoms with Gasteiger partial charge in [-0.15, -0.1) is 0 Å². The van der Waals surface area contributed by atoms with Gasteiger partial charge in [0.1, 0.15) is 24.3 Å². The Bertz CT molecular complexity index is 1400. The van der Waals surface area contributed by atoms with Gasteiger partial charge in [-0.3, -0.25) is 9.59 Å². The lowest BCUT2D eigenvalue weighted by Gasteiger charge is -2.23. The summed E-state index contributed by atoms with van der Waals surface area (Å²) in [7, 11) is 0. The van der Waals surface area contributed by atoms with Gasteiger partial charge >= 0.3 is 12.2 Å². The van der Waals surface area contributed by atoms with Crippen LogP contribution in [0.3, 0.4) is 0 Å². The van der Waals surface area contributed by atoms with Gasteiger partial charge < -0.3 is 30.7 Å². The fraction of sp³-hybridized carbons (Fsp3) is 0.371. The van der Waals surface area contributed by atoms with E-state index >= 15 is 0 Å². The summed E-state index contributed by atoms with van der Waals surface area (Å²) in [4.78, 5) is 51.9. The predicted molar refractivity (Wildman–Crippen MR) is 181 cm³/mol. The highest BCUT2D eigenvalue weighted by Crippen LogP contribution is 2.14. The molecule has 0 heterocycles. The molecule has 0 aliphatic heterocycles. The van der Waals surface area contributed by atoms with E-state index in [9.17, 15) is 19.2 Å². The first-order chi connectivity index (χ1) is 22.0. The summed E-state index contributed by atoms with van der Waals surface area (Å²) in [5, 5.41) is 11.8. The summed E-state index contributed by atoms with van der Waals surface area (Å²) in [6, 6.07) is 23.9. The van der Waals surface area contributed by atoms with Crippen LogP contribution in [0.4, 0.5) is 15.3 Å². The Hall–Kier alpha value is -4.38.